The van der Waals surface area contributed by atoms with Crippen LogP contribution in [0.1, 0.15) is 51.6 Å². The zero-order valence-corrected chi connectivity index (χ0v) is 13.0. The third-order valence-corrected chi connectivity index (χ3v) is 3.90. The summed E-state index contributed by atoms with van der Waals surface area (Å²) in [7, 11) is 0. The highest BCUT2D eigenvalue weighted by Gasteiger charge is 2.10. The Morgan fingerprint density at radius 1 is 0.950 bits per heavy atom. The topological polar surface area (TPSA) is 12.0 Å². The van der Waals surface area contributed by atoms with Gasteiger partial charge in [0.2, 0.25) is 0 Å². The van der Waals surface area contributed by atoms with E-state index in [1.54, 1.807) is 0 Å². The Kier molecular flexibility index (Phi) is 5.60. The lowest BCUT2D eigenvalue weighted by Gasteiger charge is -2.19. The molecule has 2 rings (SSSR count). The second kappa shape index (κ2) is 7.44. The van der Waals surface area contributed by atoms with E-state index in [2.05, 4.69) is 68.6 Å². The maximum Gasteiger partial charge on any atom is 0.0320 e. The van der Waals surface area contributed by atoms with Gasteiger partial charge in [0.1, 0.15) is 0 Å². The van der Waals surface area contributed by atoms with Gasteiger partial charge in [0, 0.05) is 6.04 Å². The van der Waals surface area contributed by atoms with Gasteiger partial charge in [0.25, 0.3) is 0 Å². The van der Waals surface area contributed by atoms with Gasteiger partial charge in [0.05, 0.1) is 0 Å². The first kappa shape index (κ1) is 15.1. The summed E-state index contributed by atoms with van der Waals surface area (Å²) in [5.41, 5.74) is 1.43. The summed E-state index contributed by atoms with van der Waals surface area (Å²) < 4.78 is 0. The first-order valence-electron chi connectivity index (χ1n) is 7.92. The molecule has 0 saturated carbocycles. The van der Waals surface area contributed by atoms with Crippen LogP contribution in [0.5, 0.6) is 0 Å². The molecule has 0 aromatic heterocycles. The number of benzene rings is 2. The monoisotopic (exact) mass is 269 g/mol. The largest absolute Gasteiger partial charge is 0.310 e. The van der Waals surface area contributed by atoms with Gasteiger partial charge in [-0.1, -0.05) is 70.0 Å². The van der Waals surface area contributed by atoms with Gasteiger partial charge >= 0.3 is 0 Å². The summed E-state index contributed by atoms with van der Waals surface area (Å²) >= 11 is 0. The highest BCUT2D eigenvalue weighted by Crippen LogP contribution is 2.24. The highest BCUT2D eigenvalue weighted by molar-refractivity contribution is 5.83. The van der Waals surface area contributed by atoms with Crippen LogP contribution in [0.25, 0.3) is 10.8 Å². The Hall–Kier alpha value is -1.34. The van der Waals surface area contributed by atoms with Crippen LogP contribution in [0, 0.1) is 5.92 Å². The van der Waals surface area contributed by atoms with Crippen molar-refractivity contribution in [3.63, 3.8) is 0 Å². The Morgan fingerprint density at radius 2 is 1.70 bits per heavy atom. The van der Waals surface area contributed by atoms with Crippen molar-refractivity contribution in [2.24, 2.45) is 5.92 Å². The molecule has 20 heavy (non-hydrogen) atoms. The van der Waals surface area contributed by atoms with Crippen LogP contribution in [0.2, 0.25) is 0 Å². The molecule has 1 unspecified atom stereocenters. The average Bonchev–Trinajstić information content (AvgIpc) is 2.45. The molecular formula is C19H27N. The third kappa shape index (κ3) is 4.08. The Labute approximate surface area is 123 Å². The van der Waals surface area contributed by atoms with Gasteiger partial charge in [0.15, 0.2) is 0 Å². The molecule has 2 aromatic carbocycles. The van der Waals surface area contributed by atoms with Crippen molar-refractivity contribution in [2.75, 3.05) is 6.54 Å². The SMILES string of the molecule is CCNC(CCCC(C)C)c1ccc2ccccc2c1. The van der Waals surface area contributed by atoms with E-state index < -0.39 is 0 Å². The van der Waals surface area contributed by atoms with E-state index in [4.69, 9.17) is 0 Å². The van der Waals surface area contributed by atoms with Crippen molar-refractivity contribution in [3.8, 4) is 0 Å². The fraction of sp³-hybridized carbons (Fsp3) is 0.474. The van der Waals surface area contributed by atoms with Crippen LogP contribution in [-0.2, 0) is 0 Å². The lowest BCUT2D eigenvalue weighted by molar-refractivity contribution is 0.455. The van der Waals surface area contributed by atoms with E-state index in [0.717, 1.165) is 12.5 Å². The Balaban J connectivity index is 2.13. The maximum atomic E-state index is 3.64. The quantitative estimate of drug-likeness (QED) is 0.717. The molecule has 1 N–H and O–H groups in total. The molecule has 2 aromatic rings. The van der Waals surface area contributed by atoms with Crippen molar-refractivity contribution in [1.82, 2.24) is 5.32 Å². The van der Waals surface area contributed by atoms with Crippen LogP contribution in [-0.4, -0.2) is 6.54 Å². The summed E-state index contributed by atoms with van der Waals surface area (Å²) in [4.78, 5) is 0. The molecule has 0 aliphatic carbocycles. The van der Waals surface area contributed by atoms with Gasteiger partial charge < -0.3 is 5.32 Å². The van der Waals surface area contributed by atoms with E-state index in [-0.39, 0.29) is 0 Å². The highest BCUT2D eigenvalue weighted by atomic mass is 14.9. The average molecular weight is 269 g/mol. The molecule has 1 heteroatoms. The molecule has 0 amide bonds. The van der Waals surface area contributed by atoms with Gasteiger partial charge in [-0.05, 0) is 41.3 Å². The predicted molar refractivity (Wildman–Crippen MR) is 89.1 cm³/mol. The summed E-state index contributed by atoms with van der Waals surface area (Å²) in [6.45, 7) is 7.83. The summed E-state index contributed by atoms with van der Waals surface area (Å²) in [5.74, 6) is 0.800. The number of fused-ring (bicyclic) bond motifs is 1. The molecule has 0 fully saturated rings. The van der Waals surface area contributed by atoms with E-state index in [0.29, 0.717) is 6.04 Å². The van der Waals surface area contributed by atoms with E-state index in [1.165, 1.54) is 35.6 Å². The Morgan fingerprint density at radius 3 is 2.40 bits per heavy atom. The van der Waals surface area contributed by atoms with Crippen molar-refractivity contribution in [1.29, 1.82) is 0 Å². The summed E-state index contributed by atoms with van der Waals surface area (Å²) in [6, 6.07) is 16.0. The molecule has 0 bridgehead atoms. The second-order valence-electron chi connectivity index (χ2n) is 6.04. The fourth-order valence-electron chi connectivity index (χ4n) is 2.79. The third-order valence-electron chi connectivity index (χ3n) is 3.90. The van der Waals surface area contributed by atoms with Crippen LogP contribution in [0.3, 0.4) is 0 Å². The second-order valence-corrected chi connectivity index (χ2v) is 6.04. The molecule has 0 aliphatic rings. The van der Waals surface area contributed by atoms with E-state index in [1.807, 2.05) is 0 Å². The van der Waals surface area contributed by atoms with Crippen molar-refractivity contribution in [2.45, 2.75) is 46.1 Å². The molecule has 0 spiro atoms. The minimum atomic E-state index is 0.489. The van der Waals surface area contributed by atoms with Crippen molar-refractivity contribution < 1.29 is 0 Å². The summed E-state index contributed by atoms with van der Waals surface area (Å²) in [6.07, 6.45) is 3.84. The zero-order chi connectivity index (χ0) is 14.4. The molecule has 0 aliphatic heterocycles. The molecular weight excluding hydrogens is 242 g/mol. The lowest BCUT2D eigenvalue weighted by Crippen LogP contribution is -2.21. The van der Waals surface area contributed by atoms with E-state index >= 15 is 0 Å². The first-order valence-corrected chi connectivity index (χ1v) is 7.92. The first-order chi connectivity index (χ1) is 9.70. The normalized spacial score (nSPS) is 13.0. The minimum absolute atomic E-state index is 0.489. The molecule has 1 atom stereocenters. The number of hydrogen-bond acceptors (Lipinski definition) is 1. The van der Waals surface area contributed by atoms with Gasteiger partial charge in [-0.25, -0.2) is 0 Å². The predicted octanol–water partition coefficient (Wildman–Crippen LogP) is 5.32. The molecule has 0 saturated heterocycles. The minimum Gasteiger partial charge on any atom is -0.310 e. The molecule has 0 radical (unpaired) electrons. The fourth-order valence-corrected chi connectivity index (χ4v) is 2.79. The number of rotatable bonds is 7. The smallest absolute Gasteiger partial charge is 0.0320 e. The number of hydrogen-bond donors (Lipinski definition) is 1. The molecule has 0 heterocycles. The number of nitrogens with one attached hydrogen (secondary N) is 1. The van der Waals surface area contributed by atoms with Crippen LogP contribution in [0.4, 0.5) is 0 Å². The van der Waals surface area contributed by atoms with Crippen LogP contribution in [0.15, 0.2) is 42.5 Å². The standard InChI is InChI=1S/C19H27N/c1-4-20-19(11-7-8-15(2)3)18-13-12-16-9-5-6-10-17(16)14-18/h5-6,9-10,12-15,19-20H,4,7-8,11H2,1-3H3. The van der Waals surface area contributed by atoms with Gasteiger partial charge in [-0.3, -0.25) is 0 Å². The molecule has 1 nitrogen and oxygen atoms in total. The lowest BCUT2D eigenvalue weighted by atomic mass is 9.96. The van der Waals surface area contributed by atoms with Gasteiger partial charge in [-0.15, -0.1) is 0 Å². The zero-order valence-electron chi connectivity index (χ0n) is 13.0. The summed E-state index contributed by atoms with van der Waals surface area (Å²) in [5, 5.41) is 6.31. The molecule has 108 valence electrons. The van der Waals surface area contributed by atoms with Crippen molar-refractivity contribution in [3.05, 3.63) is 48.0 Å². The van der Waals surface area contributed by atoms with Crippen molar-refractivity contribution >= 4 is 10.8 Å². The van der Waals surface area contributed by atoms with Gasteiger partial charge in [-0.2, -0.15) is 0 Å². The van der Waals surface area contributed by atoms with Crippen LogP contribution >= 0.6 is 0 Å². The Bertz CT molecular complexity index is 530. The maximum absolute atomic E-state index is 3.64. The van der Waals surface area contributed by atoms with Crippen LogP contribution < -0.4 is 5.32 Å². The van der Waals surface area contributed by atoms with E-state index in [9.17, 15) is 0 Å².